The highest BCUT2D eigenvalue weighted by atomic mass is 16.5. The van der Waals surface area contributed by atoms with Crippen LogP contribution in [0.15, 0.2) is 77.8 Å². The lowest BCUT2D eigenvalue weighted by Crippen LogP contribution is -2.20. The molecule has 3 aromatic carbocycles. The van der Waals surface area contributed by atoms with Gasteiger partial charge in [-0.1, -0.05) is 54.6 Å². The van der Waals surface area contributed by atoms with Crippen LogP contribution in [0, 0.1) is 0 Å². The van der Waals surface area contributed by atoms with Crippen molar-refractivity contribution in [2.24, 2.45) is 4.99 Å². The van der Waals surface area contributed by atoms with Crippen LogP contribution in [0.25, 0.3) is 0 Å². The van der Waals surface area contributed by atoms with Crippen molar-refractivity contribution in [2.45, 2.75) is 13.0 Å². The lowest BCUT2D eigenvalue weighted by Gasteiger charge is -2.24. The molecule has 0 aliphatic rings. The molecule has 3 aromatic rings. The van der Waals surface area contributed by atoms with Crippen LogP contribution in [0.3, 0.4) is 0 Å². The fourth-order valence-corrected chi connectivity index (χ4v) is 3.62. The Labute approximate surface area is 187 Å². The molecule has 0 saturated carbocycles. The third-order valence-electron chi connectivity index (χ3n) is 5.03. The molecule has 0 saturated heterocycles. The summed E-state index contributed by atoms with van der Waals surface area (Å²) >= 11 is 0. The van der Waals surface area contributed by atoms with Gasteiger partial charge in [-0.3, -0.25) is 9.79 Å². The minimum atomic E-state index is -0.921. The number of methoxy groups -OCH3 is 1. The fourth-order valence-electron chi connectivity index (χ4n) is 3.62. The minimum absolute atomic E-state index is 0.0155. The second-order valence-electron chi connectivity index (χ2n) is 7.32. The molecular weight excluding hydrogens is 404 g/mol. The number of carboxylic acids is 1. The van der Waals surface area contributed by atoms with E-state index >= 15 is 0 Å². The molecule has 6 nitrogen and oxygen atoms in total. The first-order valence-corrected chi connectivity index (χ1v) is 10.2. The van der Waals surface area contributed by atoms with Crippen molar-refractivity contribution in [3.05, 3.63) is 95.1 Å². The Kier molecular flexibility index (Phi) is 7.75. The highest BCUT2D eigenvalue weighted by Crippen LogP contribution is 2.29. The second kappa shape index (κ2) is 10.9. The van der Waals surface area contributed by atoms with E-state index in [1.807, 2.05) is 49.5 Å². The van der Waals surface area contributed by atoms with Gasteiger partial charge in [-0.2, -0.15) is 0 Å². The summed E-state index contributed by atoms with van der Waals surface area (Å²) in [6.45, 7) is 0.674. The van der Waals surface area contributed by atoms with Gasteiger partial charge in [0.2, 0.25) is 0 Å². The molecule has 3 rings (SSSR count). The molecule has 0 heterocycles. The predicted octanol–water partition coefficient (Wildman–Crippen LogP) is 4.00. The zero-order valence-corrected chi connectivity index (χ0v) is 18.2. The molecule has 0 atom stereocenters. The van der Waals surface area contributed by atoms with Gasteiger partial charge in [0.05, 0.1) is 25.8 Å². The minimum Gasteiger partial charge on any atom is -0.496 e. The Morgan fingerprint density at radius 3 is 2.41 bits per heavy atom. The topological polar surface area (TPSA) is 79.2 Å². The standard InChI is InChI=1S/C26H26N2O4/c1-28(18-19-8-4-3-5-9-19)23-11-7-6-10-21(23)26(27-14-15-29)22-16-20(17-25(30)31)12-13-24(22)32-2/h3-13,15-16H,14,17-18H2,1-2H3,(H,30,31). The molecule has 0 aliphatic heterocycles. The summed E-state index contributed by atoms with van der Waals surface area (Å²) in [5.41, 5.74) is 4.79. The molecule has 0 amide bonds. The molecule has 0 aromatic heterocycles. The van der Waals surface area contributed by atoms with Crippen LogP contribution in [0.4, 0.5) is 5.69 Å². The van der Waals surface area contributed by atoms with Crippen LogP contribution in [-0.4, -0.2) is 43.8 Å². The number of ether oxygens (including phenoxy) is 1. The third kappa shape index (κ3) is 5.60. The highest BCUT2D eigenvalue weighted by Gasteiger charge is 2.19. The van der Waals surface area contributed by atoms with Crippen LogP contribution < -0.4 is 9.64 Å². The summed E-state index contributed by atoms with van der Waals surface area (Å²) in [5.74, 6) is -0.361. The van der Waals surface area contributed by atoms with Crippen LogP contribution in [0.1, 0.15) is 22.3 Å². The van der Waals surface area contributed by atoms with Crippen molar-refractivity contribution in [1.29, 1.82) is 0 Å². The summed E-state index contributed by atoms with van der Waals surface area (Å²) in [5, 5.41) is 9.22. The number of benzene rings is 3. The maximum atomic E-state index is 11.2. The first-order chi connectivity index (χ1) is 15.5. The monoisotopic (exact) mass is 430 g/mol. The molecule has 32 heavy (non-hydrogen) atoms. The van der Waals surface area contributed by atoms with E-state index in [4.69, 9.17) is 4.74 Å². The van der Waals surface area contributed by atoms with Gasteiger partial charge in [0, 0.05) is 30.4 Å². The van der Waals surface area contributed by atoms with E-state index in [1.54, 1.807) is 25.3 Å². The van der Waals surface area contributed by atoms with Crippen LogP contribution in [0.2, 0.25) is 0 Å². The maximum Gasteiger partial charge on any atom is 0.307 e. The zero-order chi connectivity index (χ0) is 22.9. The summed E-state index contributed by atoms with van der Waals surface area (Å²) in [6, 6.07) is 23.2. The number of aliphatic imine (C=N–C) groups is 1. The number of carbonyl (C=O) groups is 2. The van der Waals surface area contributed by atoms with Gasteiger partial charge in [-0.05, 0) is 29.3 Å². The Morgan fingerprint density at radius 1 is 1.00 bits per heavy atom. The number of hydrogen-bond acceptors (Lipinski definition) is 5. The van der Waals surface area contributed by atoms with E-state index in [1.165, 1.54) is 0 Å². The van der Waals surface area contributed by atoms with Crippen LogP contribution in [-0.2, 0) is 22.6 Å². The average molecular weight is 431 g/mol. The van der Waals surface area contributed by atoms with E-state index in [-0.39, 0.29) is 13.0 Å². The van der Waals surface area contributed by atoms with Crippen molar-refractivity contribution in [2.75, 3.05) is 25.6 Å². The first-order valence-electron chi connectivity index (χ1n) is 10.2. The van der Waals surface area contributed by atoms with Crippen LogP contribution in [0.5, 0.6) is 5.75 Å². The van der Waals surface area contributed by atoms with E-state index in [0.29, 0.717) is 29.1 Å². The number of para-hydroxylation sites is 1. The van der Waals surface area contributed by atoms with E-state index in [2.05, 4.69) is 22.0 Å². The summed E-state index contributed by atoms with van der Waals surface area (Å²) in [6.07, 6.45) is 0.622. The molecule has 0 fully saturated rings. The number of carbonyl (C=O) groups excluding carboxylic acids is 1. The fraction of sp³-hybridized carbons (Fsp3) is 0.192. The van der Waals surface area contributed by atoms with Gasteiger partial charge < -0.3 is 19.5 Å². The van der Waals surface area contributed by atoms with Gasteiger partial charge >= 0.3 is 5.97 Å². The van der Waals surface area contributed by atoms with Crippen LogP contribution >= 0.6 is 0 Å². The lowest BCUT2D eigenvalue weighted by atomic mass is 9.96. The third-order valence-corrected chi connectivity index (χ3v) is 5.03. The molecule has 6 heteroatoms. The van der Waals surface area contributed by atoms with Gasteiger partial charge in [0.15, 0.2) is 0 Å². The number of carboxylic acid groups (broad SMARTS) is 1. The van der Waals surface area contributed by atoms with Crippen molar-refractivity contribution in [3.8, 4) is 5.75 Å². The number of hydrogen-bond donors (Lipinski definition) is 1. The number of aliphatic carboxylic acids is 1. The Balaban J connectivity index is 2.10. The number of aldehydes is 1. The first kappa shape index (κ1) is 22.7. The molecule has 0 radical (unpaired) electrons. The van der Waals surface area contributed by atoms with E-state index in [9.17, 15) is 14.7 Å². The summed E-state index contributed by atoms with van der Waals surface area (Å²) < 4.78 is 5.55. The number of nitrogens with zero attached hydrogens (tertiary/aromatic N) is 2. The molecule has 1 N–H and O–H groups in total. The molecule has 0 bridgehead atoms. The van der Waals surface area contributed by atoms with Crippen molar-refractivity contribution >= 4 is 23.7 Å². The van der Waals surface area contributed by atoms with Gasteiger partial charge in [0.25, 0.3) is 0 Å². The largest absolute Gasteiger partial charge is 0.496 e. The molecule has 0 aliphatic carbocycles. The summed E-state index contributed by atoms with van der Waals surface area (Å²) in [4.78, 5) is 29.1. The SMILES string of the molecule is COc1ccc(CC(=O)O)cc1C(=NCC=O)c1ccccc1N(C)Cc1ccccc1. The Hall–Kier alpha value is -3.93. The highest BCUT2D eigenvalue weighted by molar-refractivity contribution is 6.17. The lowest BCUT2D eigenvalue weighted by molar-refractivity contribution is -0.136. The van der Waals surface area contributed by atoms with Crippen molar-refractivity contribution < 1.29 is 19.4 Å². The van der Waals surface area contributed by atoms with Gasteiger partial charge in [-0.25, -0.2) is 0 Å². The summed E-state index contributed by atoms with van der Waals surface area (Å²) in [7, 11) is 3.56. The normalized spacial score (nSPS) is 11.1. The molecular formula is C26H26N2O4. The maximum absolute atomic E-state index is 11.2. The van der Waals surface area contributed by atoms with Crippen molar-refractivity contribution in [3.63, 3.8) is 0 Å². The van der Waals surface area contributed by atoms with Crippen molar-refractivity contribution in [1.82, 2.24) is 0 Å². The Morgan fingerprint density at radius 2 is 1.72 bits per heavy atom. The van der Waals surface area contributed by atoms with E-state index < -0.39 is 5.97 Å². The quantitative estimate of drug-likeness (QED) is 0.389. The smallest absolute Gasteiger partial charge is 0.307 e. The Bertz CT molecular complexity index is 1110. The van der Waals surface area contributed by atoms with Gasteiger partial charge in [-0.15, -0.1) is 0 Å². The number of anilines is 1. The predicted molar refractivity (Wildman–Crippen MR) is 126 cm³/mol. The van der Waals surface area contributed by atoms with Gasteiger partial charge in [0.1, 0.15) is 12.0 Å². The average Bonchev–Trinajstić information content (AvgIpc) is 2.80. The van der Waals surface area contributed by atoms with E-state index in [0.717, 1.165) is 23.1 Å². The molecule has 164 valence electrons. The molecule has 0 spiro atoms. The second-order valence-corrected chi connectivity index (χ2v) is 7.32. The molecule has 0 unspecified atom stereocenters. The zero-order valence-electron chi connectivity index (χ0n) is 18.2. The number of rotatable bonds is 10.